The molecule has 138 valence electrons. The molecular weight excluding hydrogens is 322 g/mol. The van der Waals surface area contributed by atoms with E-state index in [1.165, 1.54) is 0 Å². The summed E-state index contributed by atoms with van der Waals surface area (Å²) in [6.45, 7) is 9.70. The first-order valence-electron chi connectivity index (χ1n) is 8.48. The van der Waals surface area contributed by atoms with E-state index in [1.807, 2.05) is 46.8 Å². The molecule has 0 aliphatic carbocycles. The lowest BCUT2D eigenvalue weighted by Gasteiger charge is -2.35. The van der Waals surface area contributed by atoms with Crippen molar-refractivity contribution in [2.24, 2.45) is 0 Å². The fraction of sp³-hybridized carbons (Fsp3) is 0.579. The van der Waals surface area contributed by atoms with Gasteiger partial charge in [0.1, 0.15) is 11.3 Å². The van der Waals surface area contributed by atoms with Crippen LogP contribution in [0.15, 0.2) is 24.3 Å². The number of carbonyl (C=O) groups excluding carboxylic acids is 1. The summed E-state index contributed by atoms with van der Waals surface area (Å²) in [7, 11) is 0. The second kappa shape index (κ2) is 7.04. The average molecular weight is 349 g/mol. The molecule has 0 aromatic heterocycles. The molecule has 1 atom stereocenters. The minimum absolute atomic E-state index is 0.0796. The van der Waals surface area contributed by atoms with Crippen molar-refractivity contribution >= 4 is 12.1 Å². The Labute approximate surface area is 148 Å². The van der Waals surface area contributed by atoms with Gasteiger partial charge in [0.25, 0.3) is 0 Å². The Morgan fingerprint density at radius 1 is 1.28 bits per heavy atom. The smallest absolute Gasteiger partial charge is 0.412 e. The molecule has 1 fully saturated rings. The van der Waals surface area contributed by atoms with Gasteiger partial charge in [-0.3, -0.25) is 4.90 Å². The zero-order chi connectivity index (χ0) is 18.8. The van der Waals surface area contributed by atoms with Crippen LogP contribution in [-0.4, -0.2) is 46.0 Å². The van der Waals surface area contributed by atoms with Crippen molar-refractivity contribution in [2.75, 3.05) is 6.61 Å². The number of benzene rings is 1. The molecule has 6 nitrogen and oxygen atoms in total. The van der Waals surface area contributed by atoms with E-state index in [0.29, 0.717) is 6.61 Å². The molecule has 1 amide bonds. The number of amides is 1. The third kappa shape index (κ3) is 4.95. The predicted molar refractivity (Wildman–Crippen MR) is 93.6 cm³/mol. The minimum Gasteiger partial charge on any atom is -0.478 e. The molecule has 1 unspecified atom stereocenters. The Bertz CT molecular complexity index is 630. The zero-order valence-corrected chi connectivity index (χ0v) is 15.5. The van der Waals surface area contributed by atoms with E-state index in [9.17, 15) is 9.59 Å². The van der Waals surface area contributed by atoms with Gasteiger partial charge in [-0.1, -0.05) is 12.1 Å². The summed E-state index contributed by atoms with van der Waals surface area (Å²) >= 11 is 0. The van der Waals surface area contributed by atoms with Crippen molar-refractivity contribution in [3.8, 4) is 0 Å². The van der Waals surface area contributed by atoms with Gasteiger partial charge in [-0.2, -0.15) is 0 Å². The highest BCUT2D eigenvalue weighted by molar-refractivity contribution is 5.87. The van der Waals surface area contributed by atoms with E-state index in [1.54, 1.807) is 17.0 Å². The number of carbonyl (C=O) groups is 2. The Balaban J connectivity index is 2.04. The number of carboxylic acids is 1. The number of aromatic carboxylic acids is 1. The van der Waals surface area contributed by atoms with Crippen LogP contribution in [0.3, 0.4) is 0 Å². The number of nitrogens with zero attached hydrogens (tertiary/aromatic N) is 1. The highest BCUT2D eigenvalue weighted by Crippen LogP contribution is 2.31. The van der Waals surface area contributed by atoms with Crippen LogP contribution < -0.4 is 0 Å². The number of rotatable bonds is 4. The molecule has 1 saturated heterocycles. The molecular formula is C19H27NO5. The van der Waals surface area contributed by atoms with Crippen LogP contribution >= 0.6 is 0 Å². The normalized spacial score (nSPS) is 19.7. The summed E-state index contributed by atoms with van der Waals surface area (Å²) in [5, 5.41) is 8.95. The Kier molecular flexibility index (Phi) is 5.42. The predicted octanol–water partition coefficient (Wildman–Crippen LogP) is 3.69. The quantitative estimate of drug-likeness (QED) is 0.897. The van der Waals surface area contributed by atoms with Gasteiger partial charge < -0.3 is 14.6 Å². The number of hydrogen-bond donors (Lipinski definition) is 1. The molecule has 1 aliphatic heterocycles. The molecule has 0 spiro atoms. The average Bonchev–Trinajstić information content (AvgIpc) is 2.78. The van der Waals surface area contributed by atoms with Crippen LogP contribution in [0.5, 0.6) is 0 Å². The van der Waals surface area contributed by atoms with Crippen LogP contribution in [0.25, 0.3) is 0 Å². The fourth-order valence-corrected chi connectivity index (χ4v) is 2.92. The van der Waals surface area contributed by atoms with Gasteiger partial charge >= 0.3 is 12.1 Å². The maximum atomic E-state index is 12.6. The number of ether oxygens (including phenoxy) is 2. The van der Waals surface area contributed by atoms with Gasteiger partial charge in [-0.15, -0.1) is 0 Å². The Morgan fingerprint density at radius 2 is 1.88 bits per heavy atom. The van der Waals surface area contributed by atoms with Crippen molar-refractivity contribution in [3.63, 3.8) is 0 Å². The van der Waals surface area contributed by atoms with E-state index in [4.69, 9.17) is 14.6 Å². The summed E-state index contributed by atoms with van der Waals surface area (Å²) in [6.07, 6.45) is 1.07. The second-order valence-electron chi connectivity index (χ2n) is 7.80. The molecule has 0 saturated carbocycles. The van der Waals surface area contributed by atoms with Crippen LogP contribution in [0.4, 0.5) is 4.79 Å². The largest absolute Gasteiger partial charge is 0.478 e. The lowest BCUT2D eigenvalue weighted by molar-refractivity contribution is -0.0626. The molecule has 1 heterocycles. The monoisotopic (exact) mass is 349 g/mol. The third-order valence-electron chi connectivity index (χ3n) is 4.13. The zero-order valence-electron chi connectivity index (χ0n) is 15.5. The summed E-state index contributed by atoms with van der Waals surface area (Å²) < 4.78 is 11.3. The van der Waals surface area contributed by atoms with Gasteiger partial charge in [0, 0.05) is 0 Å². The van der Waals surface area contributed by atoms with E-state index in [-0.39, 0.29) is 17.7 Å². The van der Waals surface area contributed by atoms with Crippen LogP contribution in [0.1, 0.15) is 57.0 Å². The van der Waals surface area contributed by atoms with Crippen molar-refractivity contribution in [2.45, 2.75) is 64.8 Å². The maximum absolute atomic E-state index is 12.6. The standard InChI is InChI=1S/C19H27NO5/c1-18(2,3)25-17(23)20-15(12-24-19(20,4)5)11-8-13-6-9-14(10-7-13)16(21)22/h6-7,9-10,15H,8,11-12H2,1-5H3,(H,21,22). The summed E-state index contributed by atoms with van der Waals surface area (Å²) in [4.78, 5) is 25.2. The third-order valence-corrected chi connectivity index (χ3v) is 4.13. The molecule has 2 rings (SSSR count). The summed E-state index contributed by atoms with van der Waals surface area (Å²) in [6, 6.07) is 6.73. The molecule has 0 bridgehead atoms. The molecule has 1 aliphatic rings. The first-order valence-corrected chi connectivity index (χ1v) is 8.48. The van der Waals surface area contributed by atoms with E-state index < -0.39 is 17.3 Å². The Hall–Kier alpha value is -2.08. The number of carboxylic acid groups (broad SMARTS) is 1. The molecule has 1 N–H and O–H groups in total. The SMILES string of the molecule is CC(C)(C)OC(=O)N1C(CCc2ccc(C(=O)O)cc2)COC1(C)C. The second-order valence-corrected chi connectivity index (χ2v) is 7.80. The minimum atomic E-state index is -0.936. The highest BCUT2D eigenvalue weighted by atomic mass is 16.6. The van der Waals surface area contributed by atoms with Crippen molar-refractivity contribution in [1.82, 2.24) is 4.90 Å². The first-order chi connectivity index (χ1) is 11.5. The topological polar surface area (TPSA) is 76.1 Å². The molecule has 1 aromatic rings. The van der Waals surface area contributed by atoms with Crippen molar-refractivity contribution in [3.05, 3.63) is 35.4 Å². The van der Waals surface area contributed by atoms with E-state index in [0.717, 1.165) is 18.4 Å². The molecule has 1 aromatic carbocycles. The van der Waals surface area contributed by atoms with E-state index >= 15 is 0 Å². The van der Waals surface area contributed by atoms with Crippen LogP contribution in [0, 0.1) is 0 Å². The van der Waals surface area contributed by atoms with Gasteiger partial charge in [-0.25, -0.2) is 9.59 Å². The summed E-state index contributed by atoms with van der Waals surface area (Å²) in [5.41, 5.74) is 0.0240. The molecule has 25 heavy (non-hydrogen) atoms. The highest BCUT2D eigenvalue weighted by Gasteiger charge is 2.45. The van der Waals surface area contributed by atoms with Crippen LogP contribution in [-0.2, 0) is 15.9 Å². The first kappa shape index (κ1) is 19.2. The lowest BCUT2D eigenvalue weighted by Crippen LogP contribution is -2.49. The number of hydrogen-bond acceptors (Lipinski definition) is 4. The van der Waals surface area contributed by atoms with Gasteiger partial charge in [0.15, 0.2) is 0 Å². The van der Waals surface area contributed by atoms with Crippen molar-refractivity contribution < 1.29 is 24.2 Å². The lowest BCUT2D eigenvalue weighted by atomic mass is 10.0. The van der Waals surface area contributed by atoms with Crippen LogP contribution in [0.2, 0.25) is 0 Å². The van der Waals surface area contributed by atoms with Gasteiger partial charge in [0.2, 0.25) is 0 Å². The molecule has 6 heteroatoms. The van der Waals surface area contributed by atoms with Crippen molar-refractivity contribution in [1.29, 1.82) is 0 Å². The summed E-state index contributed by atoms with van der Waals surface area (Å²) in [5.74, 6) is -0.936. The Morgan fingerprint density at radius 3 is 2.40 bits per heavy atom. The van der Waals surface area contributed by atoms with Gasteiger partial charge in [0.05, 0.1) is 18.2 Å². The van der Waals surface area contributed by atoms with Gasteiger partial charge in [-0.05, 0) is 65.2 Å². The fourth-order valence-electron chi connectivity index (χ4n) is 2.92. The molecule has 0 radical (unpaired) electrons. The maximum Gasteiger partial charge on any atom is 0.412 e. The number of aryl methyl sites for hydroxylation is 1. The van der Waals surface area contributed by atoms with E-state index in [2.05, 4.69) is 0 Å².